The predicted molar refractivity (Wildman–Crippen MR) is 114 cm³/mol. The largest absolute Gasteiger partial charge is 0.394 e. The van der Waals surface area contributed by atoms with Gasteiger partial charge in [0.15, 0.2) is 6.29 Å². The molecule has 1 rings (SSSR count). The van der Waals surface area contributed by atoms with E-state index in [1.54, 1.807) is 14.0 Å². The lowest BCUT2D eigenvalue weighted by Gasteiger charge is -2.40. The van der Waals surface area contributed by atoms with E-state index in [1.807, 2.05) is 0 Å². The van der Waals surface area contributed by atoms with Crippen LogP contribution >= 0.6 is 0 Å². The second-order valence-electron chi connectivity index (χ2n) is 8.21. The third-order valence-corrected chi connectivity index (χ3v) is 5.62. The van der Waals surface area contributed by atoms with Gasteiger partial charge in [-0.25, -0.2) is 0 Å². The SMILES string of the molecule is COCCCCCCCCNC(=O)CCCCCO[C@@H]1OC(CO)[C@H](O)[C@H](O)C1C. The Balaban J connectivity index is 1.96. The summed E-state index contributed by atoms with van der Waals surface area (Å²) in [6, 6.07) is 0. The molecule has 1 amide bonds. The molecule has 1 aliphatic rings. The first-order valence-electron chi connectivity index (χ1n) is 11.5. The molecule has 2 unspecified atom stereocenters. The highest BCUT2D eigenvalue weighted by Gasteiger charge is 2.42. The average molecular weight is 434 g/mol. The van der Waals surface area contributed by atoms with Crippen LogP contribution in [0, 0.1) is 5.92 Å². The van der Waals surface area contributed by atoms with E-state index in [2.05, 4.69) is 5.32 Å². The molecule has 1 fully saturated rings. The molecule has 0 aromatic heterocycles. The minimum Gasteiger partial charge on any atom is -0.394 e. The Labute approximate surface area is 181 Å². The van der Waals surface area contributed by atoms with Crippen molar-refractivity contribution in [3.63, 3.8) is 0 Å². The molecule has 1 saturated heterocycles. The fourth-order valence-corrected chi connectivity index (χ4v) is 3.57. The number of hydrogen-bond donors (Lipinski definition) is 4. The maximum absolute atomic E-state index is 11.9. The van der Waals surface area contributed by atoms with Crippen molar-refractivity contribution in [2.24, 2.45) is 5.92 Å². The van der Waals surface area contributed by atoms with Crippen LogP contribution in [-0.4, -0.2) is 79.3 Å². The predicted octanol–water partition coefficient (Wildman–Crippen LogP) is 1.74. The smallest absolute Gasteiger partial charge is 0.219 e. The summed E-state index contributed by atoms with van der Waals surface area (Å²) < 4.78 is 16.2. The number of aliphatic hydroxyl groups excluding tert-OH is 3. The third kappa shape index (κ3) is 11.0. The quantitative estimate of drug-likeness (QED) is 0.258. The van der Waals surface area contributed by atoms with E-state index in [1.165, 1.54) is 19.3 Å². The molecule has 178 valence electrons. The molecule has 1 heterocycles. The Hall–Kier alpha value is -0.770. The first-order chi connectivity index (χ1) is 14.5. The van der Waals surface area contributed by atoms with Gasteiger partial charge in [-0.1, -0.05) is 39.0 Å². The van der Waals surface area contributed by atoms with Crippen LogP contribution in [0.1, 0.15) is 71.1 Å². The van der Waals surface area contributed by atoms with Gasteiger partial charge in [0, 0.05) is 39.2 Å². The number of hydrogen-bond acceptors (Lipinski definition) is 7. The van der Waals surface area contributed by atoms with Gasteiger partial charge in [-0.2, -0.15) is 0 Å². The van der Waals surface area contributed by atoms with Gasteiger partial charge in [-0.3, -0.25) is 4.79 Å². The van der Waals surface area contributed by atoms with Crippen LogP contribution in [0.25, 0.3) is 0 Å². The number of rotatable bonds is 17. The zero-order chi connectivity index (χ0) is 22.2. The molecular formula is C22H43NO7. The number of ether oxygens (including phenoxy) is 3. The van der Waals surface area contributed by atoms with E-state index in [4.69, 9.17) is 14.2 Å². The normalized spacial score (nSPS) is 26.6. The Morgan fingerprint density at radius 2 is 1.57 bits per heavy atom. The fourth-order valence-electron chi connectivity index (χ4n) is 3.57. The molecule has 1 aliphatic heterocycles. The molecule has 5 atom stereocenters. The van der Waals surface area contributed by atoms with E-state index < -0.39 is 24.6 Å². The van der Waals surface area contributed by atoms with E-state index in [9.17, 15) is 20.1 Å². The first-order valence-corrected chi connectivity index (χ1v) is 11.5. The van der Waals surface area contributed by atoms with Crippen LogP contribution in [-0.2, 0) is 19.0 Å². The molecule has 0 aliphatic carbocycles. The van der Waals surface area contributed by atoms with Crippen molar-refractivity contribution < 1.29 is 34.3 Å². The number of carbonyl (C=O) groups is 1. The summed E-state index contributed by atoms with van der Waals surface area (Å²) in [4.78, 5) is 11.9. The Morgan fingerprint density at radius 1 is 0.933 bits per heavy atom. The maximum atomic E-state index is 11.9. The maximum Gasteiger partial charge on any atom is 0.219 e. The molecule has 0 aromatic rings. The second kappa shape index (κ2) is 16.9. The molecule has 4 N–H and O–H groups in total. The minimum atomic E-state index is -1.11. The number of nitrogens with one attached hydrogen (secondary N) is 1. The second-order valence-corrected chi connectivity index (χ2v) is 8.21. The highest BCUT2D eigenvalue weighted by molar-refractivity contribution is 5.75. The summed E-state index contributed by atoms with van der Waals surface area (Å²) in [7, 11) is 1.73. The van der Waals surface area contributed by atoms with Gasteiger partial charge in [0.05, 0.1) is 12.7 Å². The Kier molecular flexibility index (Phi) is 15.3. The monoisotopic (exact) mass is 433 g/mol. The van der Waals surface area contributed by atoms with E-state index >= 15 is 0 Å². The van der Waals surface area contributed by atoms with Gasteiger partial charge in [0.25, 0.3) is 0 Å². The number of carbonyl (C=O) groups excluding carboxylic acids is 1. The molecule has 0 saturated carbocycles. The molecule has 0 aromatic carbocycles. The lowest BCUT2D eigenvalue weighted by molar-refractivity contribution is -0.282. The van der Waals surface area contributed by atoms with E-state index in [0.717, 1.165) is 51.7 Å². The average Bonchev–Trinajstić information content (AvgIpc) is 2.74. The standard InChI is InChI=1S/C22H43NO7/c1-17-20(26)21(27)18(16-24)30-22(17)29-15-11-7-8-12-19(25)23-13-9-5-3-4-6-10-14-28-2/h17-18,20-22,24,26-27H,3-16H2,1-2H3,(H,23,25)/t17?,18?,20-,21+,22-/m1/s1. The third-order valence-electron chi connectivity index (χ3n) is 5.62. The summed E-state index contributed by atoms with van der Waals surface area (Å²) in [6.45, 7) is 3.42. The minimum absolute atomic E-state index is 0.100. The van der Waals surface area contributed by atoms with Crippen molar-refractivity contribution in [1.29, 1.82) is 0 Å². The van der Waals surface area contributed by atoms with Gasteiger partial charge in [0.2, 0.25) is 5.91 Å². The van der Waals surface area contributed by atoms with Crippen LogP contribution in [0.5, 0.6) is 0 Å². The number of unbranched alkanes of at least 4 members (excludes halogenated alkanes) is 7. The van der Waals surface area contributed by atoms with Gasteiger partial charge in [-0.15, -0.1) is 0 Å². The number of amides is 1. The van der Waals surface area contributed by atoms with Gasteiger partial charge < -0.3 is 34.8 Å². The summed E-state index contributed by atoms with van der Waals surface area (Å²) in [5, 5.41) is 32.0. The highest BCUT2D eigenvalue weighted by atomic mass is 16.7. The van der Waals surface area contributed by atoms with Gasteiger partial charge in [-0.05, 0) is 25.7 Å². The van der Waals surface area contributed by atoms with E-state index in [0.29, 0.717) is 13.0 Å². The van der Waals surface area contributed by atoms with Crippen molar-refractivity contribution in [2.75, 3.05) is 33.5 Å². The van der Waals surface area contributed by atoms with Crippen molar-refractivity contribution in [1.82, 2.24) is 5.32 Å². The molecule has 0 bridgehead atoms. The molecule has 8 heteroatoms. The molecule has 30 heavy (non-hydrogen) atoms. The zero-order valence-corrected chi connectivity index (χ0v) is 18.8. The summed E-state index contributed by atoms with van der Waals surface area (Å²) in [5.41, 5.74) is 0. The van der Waals surface area contributed by atoms with Gasteiger partial charge in [0.1, 0.15) is 12.2 Å². The van der Waals surface area contributed by atoms with Crippen molar-refractivity contribution in [3.05, 3.63) is 0 Å². The van der Waals surface area contributed by atoms with Crippen molar-refractivity contribution >= 4 is 5.91 Å². The topological polar surface area (TPSA) is 117 Å². The van der Waals surface area contributed by atoms with Crippen molar-refractivity contribution in [2.45, 2.75) is 95.7 Å². The summed E-state index contributed by atoms with van der Waals surface area (Å²) >= 11 is 0. The van der Waals surface area contributed by atoms with Crippen LogP contribution in [0.3, 0.4) is 0 Å². The van der Waals surface area contributed by atoms with Crippen LogP contribution in [0.15, 0.2) is 0 Å². The Bertz CT molecular complexity index is 436. The lowest BCUT2D eigenvalue weighted by Crippen LogP contribution is -2.55. The highest BCUT2D eigenvalue weighted by Crippen LogP contribution is 2.26. The Morgan fingerprint density at radius 3 is 2.27 bits per heavy atom. The molecule has 8 nitrogen and oxygen atoms in total. The summed E-state index contributed by atoms with van der Waals surface area (Å²) in [5.74, 6) is -0.276. The fraction of sp³-hybridized carbons (Fsp3) is 0.955. The zero-order valence-electron chi connectivity index (χ0n) is 18.8. The molecular weight excluding hydrogens is 390 g/mol. The summed E-state index contributed by atoms with van der Waals surface area (Å²) in [6.07, 6.45) is 6.33. The van der Waals surface area contributed by atoms with Crippen molar-refractivity contribution in [3.8, 4) is 0 Å². The molecule has 0 radical (unpaired) electrons. The van der Waals surface area contributed by atoms with Crippen LogP contribution in [0.2, 0.25) is 0 Å². The van der Waals surface area contributed by atoms with Gasteiger partial charge >= 0.3 is 0 Å². The number of aliphatic hydroxyl groups is 3. The van der Waals surface area contributed by atoms with Crippen LogP contribution < -0.4 is 5.32 Å². The van der Waals surface area contributed by atoms with Crippen LogP contribution in [0.4, 0.5) is 0 Å². The van der Waals surface area contributed by atoms with E-state index in [-0.39, 0.29) is 18.4 Å². The molecule has 0 spiro atoms. The number of methoxy groups -OCH3 is 1. The first kappa shape index (κ1) is 27.3. The lowest BCUT2D eigenvalue weighted by atomic mass is 9.92.